The van der Waals surface area contributed by atoms with E-state index in [1.54, 1.807) is 6.92 Å². The summed E-state index contributed by atoms with van der Waals surface area (Å²) in [6.07, 6.45) is 3.15. The van der Waals surface area contributed by atoms with Crippen LogP contribution in [-0.2, 0) is 13.1 Å². The topological polar surface area (TPSA) is 80.3 Å². The molecule has 0 unspecified atom stereocenters. The lowest BCUT2D eigenvalue weighted by Crippen LogP contribution is -2.38. The average molecular weight is 468 g/mol. The molecule has 0 radical (unpaired) electrons. The van der Waals surface area contributed by atoms with Crippen molar-refractivity contribution in [1.82, 2.24) is 25.3 Å². The van der Waals surface area contributed by atoms with Crippen LogP contribution in [0.25, 0.3) is 10.9 Å². The van der Waals surface area contributed by atoms with E-state index in [0.29, 0.717) is 18.3 Å². The fraction of sp³-hybridized carbons (Fsp3) is 0.389. The van der Waals surface area contributed by atoms with Crippen LogP contribution in [0.5, 0.6) is 0 Å². The number of aromatic nitrogens is 3. The van der Waals surface area contributed by atoms with Crippen molar-refractivity contribution in [2.24, 2.45) is 4.99 Å². The number of fused-ring (bicyclic) bond motifs is 1. The number of aliphatic imine (C=N–C) groups is 1. The van der Waals surface area contributed by atoms with Gasteiger partial charge in [0.15, 0.2) is 11.8 Å². The summed E-state index contributed by atoms with van der Waals surface area (Å²) in [5.74, 6) is 1.91. The summed E-state index contributed by atoms with van der Waals surface area (Å²) < 4.78 is 7.24. The van der Waals surface area contributed by atoms with Crippen LogP contribution < -0.4 is 10.6 Å². The highest BCUT2D eigenvalue weighted by Crippen LogP contribution is 2.15. The maximum Gasteiger partial charge on any atom is 0.223 e. The van der Waals surface area contributed by atoms with Gasteiger partial charge in [-0.05, 0) is 30.9 Å². The molecule has 1 aromatic carbocycles. The molecule has 26 heavy (non-hydrogen) atoms. The van der Waals surface area contributed by atoms with E-state index in [4.69, 9.17) is 4.52 Å². The zero-order valence-corrected chi connectivity index (χ0v) is 17.4. The van der Waals surface area contributed by atoms with Gasteiger partial charge in [0.05, 0.1) is 0 Å². The van der Waals surface area contributed by atoms with Gasteiger partial charge in [-0.15, -0.1) is 24.0 Å². The van der Waals surface area contributed by atoms with E-state index in [-0.39, 0.29) is 24.0 Å². The fourth-order valence-corrected chi connectivity index (χ4v) is 2.69. The minimum Gasteiger partial charge on any atom is -0.357 e. The Hall–Kier alpha value is -2.10. The van der Waals surface area contributed by atoms with E-state index in [0.717, 1.165) is 32.0 Å². The number of rotatable bonds is 7. The zero-order chi connectivity index (χ0) is 17.5. The molecular weight excluding hydrogens is 443 g/mol. The molecule has 0 aliphatic carbocycles. The molecule has 3 rings (SSSR count). The molecule has 8 heteroatoms. The molecule has 0 fully saturated rings. The summed E-state index contributed by atoms with van der Waals surface area (Å²) in [5, 5.41) is 11.7. The molecule has 2 N–H and O–H groups in total. The normalized spacial score (nSPS) is 11.4. The van der Waals surface area contributed by atoms with Gasteiger partial charge in [0.1, 0.15) is 6.54 Å². The first-order chi connectivity index (χ1) is 12.3. The lowest BCUT2D eigenvalue weighted by Gasteiger charge is -2.11. The molecule has 0 aliphatic rings. The van der Waals surface area contributed by atoms with Crippen molar-refractivity contribution in [3.8, 4) is 0 Å². The molecular formula is C18H25IN6O. The summed E-state index contributed by atoms with van der Waals surface area (Å²) in [5.41, 5.74) is 1.27. The van der Waals surface area contributed by atoms with Gasteiger partial charge in [0, 0.05) is 38.3 Å². The third-order valence-electron chi connectivity index (χ3n) is 3.84. The Balaban J connectivity index is 0.00000243. The molecule has 7 nitrogen and oxygen atoms in total. The standard InChI is InChI=1S/C18H24N6O.HI/c1-3-19-18(21-13-17-22-14(2)25-23-17)20-10-6-11-24-12-9-15-7-4-5-8-16(15)24;/h4-5,7-9,12H,3,6,10-11,13H2,1-2H3,(H2,19,20,21);1H. The van der Waals surface area contributed by atoms with Crippen LogP contribution in [0.2, 0.25) is 0 Å². The average Bonchev–Trinajstić information content (AvgIpc) is 3.22. The smallest absolute Gasteiger partial charge is 0.223 e. The molecule has 0 saturated heterocycles. The van der Waals surface area contributed by atoms with E-state index in [9.17, 15) is 0 Å². The molecule has 0 spiro atoms. The summed E-state index contributed by atoms with van der Waals surface area (Å²) in [6, 6.07) is 10.6. The summed E-state index contributed by atoms with van der Waals surface area (Å²) in [7, 11) is 0. The number of para-hydroxylation sites is 1. The third-order valence-corrected chi connectivity index (χ3v) is 3.84. The number of benzene rings is 1. The third kappa shape index (κ3) is 5.45. The van der Waals surface area contributed by atoms with Crippen LogP contribution in [0, 0.1) is 6.92 Å². The van der Waals surface area contributed by atoms with Crippen molar-refractivity contribution in [3.05, 3.63) is 48.2 Å². The Morgan fingerprint density at radius 2 is 2.08 bits per heavy atom. The van der Waals surface area contributed by atoms with E-state index in [1.165, 1.54) is 10.9 Å². The molecule has 3 aromatic rings. The highest BCUT2D eigenvalue weighted by molar-refractivity contribution is 14.0. The van der Waals surface area contributed by atoms with Gasteiger partial charge in [-0.25, -0.2) is 4.99 Å². The first-order valence-electron chi connectivity index (χ1n) is 8.61. The number of guanidine groups is 1. The van der Waals surface area contributed by atoms with Gasteiger partial charge in [-0.3, -0.25) is 0 Å². The lowest BCUT2D eigenvalue weighted by molar-refractivity contribution is 0.387. The molecule has 2 heterocycles. The second-order valence-corrected chi connectivity index (χ2v) is 5.77. The largest absolute Gasteiger partial charge is 0.357 e. The zero-order valence-electron chi connectivity index (χ0n) is 15.1. The maximum absolute atomic E-state index is 4.96. The van der Waals surface area contributed by atoms with Gasteiger partial charge >= 0.3 is 0 Å². The molecule has 2 aromatic heterocycles. The summed E-state index contributed by atoms with van der Waals surface area (Å²) in [6.45, 7) is 6.82. The van der Waals surface area contributed by atoms with Crippen LogP contribution in [0.3, 0.4) is 0 Å². The SMILES string of the molecule is CCNC(=NCc1noc(C)n1)NCCCn1ccc2ccccc21.I. The van der Waals surface area contributed by atoms with Crippen molar-refractivity contribution in [3.63, 3.8) is 0 Å². The van der Waals surface area contributed by atoms with Crippen molar-refractivity contribution < 1.29 is 4.52 Å². The summed E-state index contributed by atoms with van der Waals surface area (Å²) in [4.78, 5) is 8.64. The highest BCUT2D eigenvalue weighted by Gasteiger charge is 2.03. The monoisotopic (exact) mass is 468 g/mol. The fourth-order valence-electron chi connectivity index (χ4n) is 2.69. The van der Waals surface area contributed by atoms with Crippen LogP contribution in [-0.4, -0.2) is 33.8 Å². The van der Waals surface area contributed by atoms with Crippen molar-refractivity contribution in [1.29, 1.82) is 0 Å². The number of hydrogen-bond acceptors (Lipinski definition) is 4. The molecule has 0 amide bonds. The molecule has 0 aliphatic heterocycles. The number of hydrogen-bond donors (Lipinski definition) is 2. The number of nitrogens with one attached hydrogen (secondary N) is 2. The Kier molecular flexibility index (Phi) is 7.89. The lowest BCUT2D eigenvalue weighted by atomic mass is 10.2. The van der Waals surface area contributed by atoms with E-state index >= 15 is 0 Å². The van der Waals surface area contributed by atoms with Gasteiger partial charge in [-0.2, -0.15) is 4.98 Å². The van der Waals surface area contributed by atoms with E-state index < -0.39 is 0 Å². The minimum absolute atomic E-state index is 0. The number of nitrogens with zero attached hydrogens (tertiary/aromatic N) is 4. The minimum atomic E-state index is 0. The Morgan fingerprint density at radius 1 is 1.23 bits per heavy atom. The van der Waals surface area contributed by atoms with Gasteiger partial charge in [0.25, 0.3) is 0 Å². The van der Waals surface area contributed by atoms with Crippen LogP contribution >= 0.6 is 24.0 Å². The van der Waals surface area contributed by atoms with Gasteiger partial charge < -0.3 is 19.7 Å². The first-order valence-corrected chi connectivity index (χ1v) is 8.61. The molecule has 140 valence electrons. The predicted molar refractivity (Wildman–Crippen MR) is 114 cm³/mol. The van der Waals surface area contributed by atoms with Crippen molar-refractivity contribution >= 4 is 40.8 Å². The second kappa shape index (κ2) is 10.1. The van der Waals surface area contributed by atoms with E-state index in [1.807, 2.05) is 6.92 Å². The second-order valence-electron chi connectivity index (χ2n) is 5.77. The van der Waals surface area contributed by atoms with E-state index in [2.05, 4.69) is 66.9 Å². The van der Waals surface area contributed by atoms with Crippen molar-refractivity contribution in [2.45, 2.75) is 33.4 Å². The number of halogens is 1. The highest BCUT2D eigenvalue weighted by atomic mass is 127. The molecule has 0 bridgehead atoms. The maximum atomic E-state index is 4.96. The molecule has 0 saturated carbocycles. The Bertz CT molecular complexity index is 841. The van der Waals surface area contributed by atoms with Crippen LogP contribution in [0.4, 0.5) is 0 Å². The number of aryl methyl sites for hydroxylation is 2. The first kappa shape index (κ1) is 20.2. The van der Waals surface area contributed by atoms with Crippen molar-refractivity contribution in [2.75, 3.05) is 13.1 Å². The Morgan fingerprint density at radius 3 is 2.85 bits per heavy atom. The van der Waals surface area contributed by atoms with Crippen LogP contribution in [0.1, 0.15) is 25.1 Å². The quantitative estimate of drug-likeness (QED) is 0.241. The van der Waals surface area contributed by atoms with Gasteiger partial charge in [0.2, 0.25) is 5.89 Å². The summed E-state index contributed by atoms with van der Waals surface area (Å²) >= 11 is 0. The van der Waals surface area contributed by atoms with Crippen LogP contribution in [0.15, 0.2) is 46.0 Å². The predicted octanol–water partition coefficient (Wildman–Crippen LogP) is 3.10. The molecule has 0 atom stereocenters. The van der Waals surface area contributed by atoms with Gasteiger partial charge in [-0.1, -0.05) is 23.4 Å². The Labute approximate surface area is 170 Å².